The first kappa shape index (κ1) is 11.0. The van der Waals surface area contributed by atoms with Crippen molar-refractivity contribution in [2.45, 2.75) is 13.1 Å². The second-order valence-electron chi connectivity index (χ2n) is 4.28. The summed E-state index contributed by atoms with van der Waals surface area (Å²) in [6.45, 7) is 1.61. The van der Waals surface area contributed by atoms with Crippen LogP contribution in [0.3, 0.4) is 0 Å². The van der Waals surface area contributed by atoms with Crippen molar-refractivity contribution in [2.24, 2.45) is 0 Å². The molecule has 0 unspecified atom stereocenters. The minimum absolute atomic E-state index is 0.760. The summed E-state index contributed by atoms with van der Waals surface area (Å²) >= 11 is 0. The molecule has 3 aromatic rings. The van der Waals surface area contributed by atoms with Gasteiger partial charge in [0.25, 0.3) is 0 Å². The molecule has 1 heterocycles. The van der Waals surface area contributed by atoms with E-state index in [-0.39, 0.29) is 0 Å². The van der Waals surface area contributed by atoms with E-state index in [4.69, 9.17) is 0 Å². The van der Waals surface area contributed by atoms with E-state index in [1.807, 2.05) is 6.20 Å². The average Bonchev–Trinajstić information content (AvgIpc) is 2.92. The molecule has 0 amide bonds. The highest BCUT2D eigenvalue weighted by Gasteiger charge is 2.00. The maximum atomic E-state index is 4.19. The molecule has 0 fully saturated rings. The van der Waals surface area contributed by atoms with Gasteiger partial charge in [-0.2, -0.15) is 0 Å². The van der Waals surface area contributed by atoms with Gasteiger partial charge in [-0.15, -0.1) is 0 Å². The maximum absolute atomic E-state index is 4.19. The van der Waals surface area contributed by atoms with E-state index >= 15 is 0 Å². The molecule has 0 aliphatic carbocycles. The van der Waals surface area contributed by atoms with Crippen LogP contribution in [0.5, 0.6) is 0 Å². The predicted molar refractivity (Wildman–Crippen MR) is 73.1 cm³/mol. The lowest BCUT2D eigenvalue weighted by Gasteiger charge is -2.07. The Labute approximate surface area is 106 Å². The van der Waals surface area contributed by atoms with Crippen LogP contribution in [0.25, 0.3) is 10.8 Å². The van der Waals surface area contributed by atoms with Crippen LogP contribution in [0.15, 0.2) is 54.9 Å². The van der Waals surface area contributed by atoms with E-state index in [9.17, 15) is 0 Å². The van der Waals surface area contributed by atoms with E-state index in [0.29, 0.717) is 0 Å². The number of nitrogens with zero attached hydrogens (tertiary/aromatic N) is 1. The van der Waals surface area contributed by atoms with Crippen LogP contribution in [-0.4, -0.2) is 9.97 Å². The normalized spacial score (nSPS) is 10.9. The van der Waals surface area contributed by atoms with Crippen LogP contribution in [0.1, 0.15) is 11.4 Å². The SMILES string of the molecule is c1ccc2c(CNCc3ncc[nH]3)cccc2c1. The molecule has 0 aliphatic heterocycles. The van der Waals surface area contributed by atoms with Crippen LogP contribution in [0.4, 0.5) is 0 Å². The van der Waals surface area contributed by atoms with Gasteiger partial charge >= 0.3 is 0 Å². The topological polar surface area (TPSA) is 40.7 Å². The molecule has 3 heteroatoms. The molecule has 0 spiro atoms. The highest BCUT2D eigenvalue weighted by atomic mass is 15.0. The third-order valence-electron chi connectivity index (χ3n) is 3.04. The van der Waals surface area contributed by atoms with Gasteiger partial charge < -0.3 is 10.3 Å². The van der Waals surface area contributed by atoms with E-state index in [0.717, 1.165) is 18.9 Å². The first-order chi connectivity index (χ1) is 8.93. The smallest absolute Gasteiger partial charge is 0.120 e. The van der Waals surface area contributed by atoms with E-state index in [1.165, 1.54) is 16.3 Å². The van der Waals surface area contributed by atoms with Crippen molar-refractivity contribution in [3.63, 3.8) is 0 Å². The molecule has 0 atom stereocenters. The predicted octanol–water partition coefficient (Wildman–Crippen LogP) is 2.85. The number of hydrogen-bond donors (Lipinski definition) is 2. The van der Waals surface area contributed by atoms with E-state index in [1.54, 1.807) is 6.20 Å². The molecule has 1 aromatic heterocycles. The number of nitrogens with one attached hydrogen (secondary N) is 2. The minimum Gasteiger partial charge on any atom is -0.348 e. The molecule has 2 aromatic carbocycles. The molecule has 0 saturated heterocycles. The van der Waals surface area contributed by atoms with Crippen molar-refractivity contribution in [3.05, 3.63) is 66.2 Å². The van der Waals surface area contributed by atoms with Crippen molar-refractivity contribution in [3.8, 4) is 0 Å². The summed E-state index contributed by atoms with van der Waals surface area (Å²) in [6, 6.07) is 14.9. The van der Waals surface area contributed by atoms with Crippen LogP contribution < -0.4 is 5.32 Å². The number of benzene rings is 2. The lowest BCUT2D eigenvalue weighted by molar-refractivity contribution is 0.671. The van der Waals surface area contributed by atoms with Crippen LogP contribution in [0, 0.1) is 0 Å². The highest BCUT2D eigenvalue weighted by molar-refractivity contribution is 5.85. The molecular weight excluding hydrogens is 222 g/mol. The van der Waals surface area contributed by atoms with Gasteiger partial charge in [0.2, 0.25) is 0 Å². The van der Waals surface area contributed by atoms with E-state index in [2.05, 4.69) is 57.7 Å². The summed E-state index contributed by atoms with van der Waals surface area (Å²) in [5, 5.41) is 6.00. The second kappa shape index (κ2) is 5.02. The Bertz CT molecular complexity index is 624. The number of rotatable bonds is 4. The first-order valence-electron chi connectivity index (χ1n) is 6.09. The Hall–Kier alpha value is -2.13. The van der Waals surface area contributed by atoms with Gasteiger partial charge in [-0.1, -0.05) is 42.5 Å². The summed E-state index contributed by atoms with van der Waals surface area (Å²) < 4.78 is 0. The Morgan fingerprint density at radius 3 is 2.78 bits per heavy atom. The van der Waals surface area contributed by atoms with Gasteiger partial charge in [0.1, 0.15) is 5.82 Å². The molecule has 0 bridgehead atoms. The average molecular weight is 237 g/mol. The van der Waals surface area contributed by atoms with Gasteiger partial charge in [-0.3, -0.25) is 0 Å². The third kappa shape index (κ3) is 2.26. The molecule has 18 heavy (non-hydrogen) atoms. The van der Waals surface area contributed by atoms with Crippen molar-refractivity contribution >= 4 is 10.8 Å². The van der Waals surface area contributed by atoms with Gasteiger partial charge in [-0.05, 0) is 16.3 Å². The molecule has 2 N–H and O–H groups in total. The Balaban J connectivity index is 1.74. The number of imidazole rings is 1. The minimum atomic E-state index is 0.760. The monoisotopic (exact) mass is 237 g/mol. The molecule has 0 saturated carbocycles. The summed E-state index contributed by atoms with van der Waals surface area (Å²) in [5.41, 5.74) is 1.32. The number of fused-ring (bicyclic) bond motifs is 1. The Morgan fingerprint density at radius 1 is 1.00 bits per heavy atom. The van der Waals surface area contributed by atoms with Crippen molar-refractivity contribution < 1.29 is 0 Å². The fraction of sp³-hybridized carbons (Fsp3) is 0.133. The van der Waals surface area contributed by atoms with Crippen molar-refractivity contribution in [1.29, 1.82) is 0 Å². The van der Waals surface area contributed by atoms with Crippen LogP contribution in [-0.2, 0) is 13.1 Å². The number of hydrogen-bond acceptors (Lipinski definition) is 2. The number of H-pyrrole nitrogens is 1. The lowest BCUT2D eigenvalue weighted by Crippen LogP contribution is -2.13. The van der Waals surface area contributed by atoms with Crippen molar-refractivity contribution in [2.75, 3.05) is 0 Å². The van der Waals surface area contributed by atoms with Gasteiger partial charge in [0.15, 0.2) is 0 Å². The maximum Gasteiger partial charge on any atom is 0.120 e. The zero-order valence-electron chi connectivity index (χ0n) is 10.1. The largest absolute Gasteiger partial charge is 0.348 e. The zero-order valence-corrected chi connectivity index (χ0v) is 10.1. The Kier molecular flexibility index (Phi) is 3.07. The van der Waals surface area contributed by atoms with E-state index < -0.39 is 0 Å². The summed E-state index contributed by atoms with van der Waals surface area (Å²) in [7, 11) is 0. The molecule has 0 aliphatic rings. The highest BCUT2D eigenvalue weighted by Crippen LogP contribution is 2.18. The molecule has 3 rings (SSSR count). The van der Waals surface area contributed by atoms with Crippen molar-refractivity contribution in [1.82, 2.24) is 15.3 Å². The second-order valence-corrected chi connectivity index (χ2v) is 4.28. The molecular formula is C15H15N3. The number of aromatic nitrogens is 2. The lowest BCUT2D eigenvalue weighted by atomic mass is 10.0. The van der Waals surface area contributed by atoms with Crippen LogP contribution >= 0.6 is 0 Å². The fourth-order valence-corrected chi connectivity index (χ4v) is 2.16. The summed E-state index contributed by atoms with van der Waals surface area (Å²) in [4.78, 5) is 7.28. The summed E-state index contributed by atoms with van der Waals surface area (Å²) in [5.74, 6) is 0.968. The Morgan fingerprint density at radius 2 is 1.89 bits per heavy atom. The third-order valence-corrected chi connectivity index (χ3v) is 3.04. The van der Waals surface area contributed by atoms with Gasteiger partial charge in [0.05, 0.1) is 6.54 Å². The number of aromatic amines is 1. The summed E-state index contributed by atoms with van der Waals surface area (Å²) in [6.07, 6.45) is 3.61. The standard InChI is InChI=1S/C15H15N3/c1-2-7-14-12(4-1)5-3-6-13(14)10-16-11-15-17-8-9-18-15/h1-9,16H,10-11H2,(H,17,18). The van der Waals surface area contributed by atoms with Gasteiger partial charge in [0, 0.05) is 18.9 Å². The molecule has 0 radical (unpaired) electrons. The molecule has 3 nitrogen and oxygen atoms in total. The van der Waals surface area contributed by atoms with Crippen LogP contribution in [0.2, 0.25) is 0 Å². The zero-order chi connectivity index (χ0) is 12.2. The first-order valence-corrected chi connectivity index (χ1v) is 6.09. The molecule has 90 valence electrons. The van der Waals surface area contributed by atoms with Gasteiger partial charge in [-0.25, -0.2) is 4.98 Å². The fourth-order valence-electron chi connectivity index (χ4n) is 2.16. The quantitative estimate of drug-likeness (QED) is 0.732.